The van der Waals surface area contributed by atoms with E-state index in [0.29, 0.717) is 26.4 Å². The zero-order chi connectivity index (χ0) is 16.9. The molecule has 0 bridgehead atoms. The van der Waals surface area contributed by atoms with Gasteiger partial charge in [-0.25, -0.2) is 0 Å². The summed E-state index contributed by atoms with van der Waals surface area (Å²) in [7, 11) is 2.81. The van der Waals surface area contributed by atoms with Crippen LogP contribution in [0.1, 0.15) is 53.4 Å². The first kappa shape index (κ1) is 23.8. The van der Waals surface area contributed by atoms with Gasteiger partial charge in [-0.1, -0.05) is 27.7 Å². The molecule has 0 saturated heterocycles. The van der Waals surface area contributed by atoms with E-state index in [4.69, 9.17) is 41.7 Å². The molecule has 0 spiro atoms. The minimum absolute atomic E-state index is 0.600. The Labute approximate surface area is 153 Å². The molecule has 0 atom stereocenters. The van der Waals surface area contributed by atoms with Crippen LogP contribution in [0.15, 0.2) is 0 Å². The van der Waals surface area contributed by atoms with Gasteiger partial charge in [0, 0.05) is 20.8 Å². The second kappa shape index (κ2) is 14.1. The Morgan fingerprint density at radius 2 is 0.818 bits per heavy atom. The maximum Gasteiger partial charge on any atom is 0.258 e. The Morgan fingerprint density at radius 1 is 0.591 bits per heavy atom. The van der Waals surface area contributed by atoms with Gasteiger partial charge in [-0.3, -0.25) is 0 Å². The van der Waals surface area contributed by atoms with E-state index in [1.807, 2.05) is 0 Å². The molecular weight excluding hydrogens is 398 g/mol. The van der Waals surface area contributed by atoms with Crippen molar-refractivity contribution < 1.29 is 18.1 Å². The smallest absolute Gasteiger partial charge is 0.258 e. The summed E-state index contributed by atoms with van der Waals surface area (Å²) in [6.07, 6.45) is 3.63. The largest absolute Gasteiger partial charge is 0.321 e. The van der Waals surface area contributed by atoms with Crippen molar-refractivity contribution in [3.05, 3.63) is 0 Å². The summed E-state index contributed by atoms with van der Waals surface area (Å²) < 4.78 is 23.2. The summed E-state index contributed by atoms with van der Waals surface area (Å²) in [5.41, 5.74) is -4.80. The highest BCUT2D eigenvalue weighted by atomic mass is 33.5. The van der Waals surface area contributed by atoms with Crippen molar-refractivity contribution in [3.63, 3.8) is 0 Å². The van der Waals surface area contributed by atoms with Crippen molar-refractivity contribution in [3.8, 4) is 0 Å². The highest BCUT2D eigenvalue weighted by molar-refractivity contribution is 9.17. The zero-order valence-corrected chi connectivity index (χ0v) is 18.9. The Morgan fingerprint density at radius 3 is 1.00 bits per heavy atom. The molecule has 4 nitrogen and oxygen atoms in total. The van der Waals surface area contributed by atoms with E-state index in [1.165, 1.54) is 20.8 Å². The SMILES string of the molecule is CCCOP(=S)(OCCC)SSP(=S)(OCCC)OCCC. The van der Waals surface area contributed by atoms with E-state index >= 15 is 0 Å². The molecule has 0 unspecified atom stereocenters. The number of rotatable bonds is 15. The van der Waals surface area contributed by atoms with Crippen molar-refractivity contribution in [1.82, 2.24) is 0 Å². The predicted octanol–water partition coefficient (Wildman–Crippen LogP) is 6.52. The maximum absolute atomic E-state index is 5.79. The van der Waals surface area contributed by atoms with E-state index in [9.17, 15) is 0 Å². The van der Waals surface area contributed by atoms with Crippen molar-refractivity contribution in [2.24, 2.45) is 0 Å². The summed E-state index contributed by atoms with van der Waals surface area (Å²) >= 11 is 11.2. The van der Waals surface area contributed by atoms with Crippen LogP contribution < -0.4 is 0 Å². The molecule has 0 aromatic heterocycles. The Kier molecular flexibility index (Phi) is 15.2. The summed E-state index contributed by atoms with van der Waals surface area (Å²) in [6, 6.07) is 0. The van der Waals surface area contributed by atoms with Crippen molar-refractivity contribution in [1.29, 1.82) is 0 Å². The van der Waals surface area contributed by atoms with Crippen LogP contribution in [0.5, 0.6) is 0 Å². The molecule has 22 heavy (non-hydrogen) atoms. The maximum atomic E-state index is 5.79. The van der Waals surface area contributed by atoms with Gasteiger partial charge in [0.25, 0.3) is 11.4 Å². The van der Waals surface area contributed by atoms with E-state index < -0.39 is 11.4 Å². The fourth-order valence-corrected chi connectivity index (χ4v) is 17.8. The molecule has 0 aromatic rings. The van der Waals surface area contributed by atoms with Crippen molar-refractivity contribution in [2.45, 2.75) is 53.4 Å². The van der Waals surface area contributed by atoms with Crippen LogP contribution in [0.3, 0.4) is 0 Å². The molecular formula is C12H28O4P2S4. The molecule has 0 aliphatic heterocycles. The molecule has 0 aliphatic rings. The standard InChI is InChI=1S/C12H28O4P2S4/c1-5-9-13-17(19,14-10-6-2)21-22-18(20,15-11-7-3)16-12-8-4/h5-12H2,1-4H3. The van der Waals surface area contributed by atoms with E-state index in [0.717, 1.165) is 25.7 Å². The monoisotopic (exact) mass is 426 g/mol. The van der Waals surface area contributed by atoms with Gasteiger partial charge in [0.05, 0.1) is 26.4 Å². The lowest BCUT2D eigenvalue weighted by atomic mass is 10.5. The zero-order valence-electron chi connectivity index (χ0n) is 13.8. The van der Waals surface area contributed by atoms with Gasteiger partial charge in [-0.05, 0) is 49.3 Å². The molecule has 0 N–H and O–H groups in total. The minimum Gasteiger partial charge on any atom is -0.321 e. The predicted molar refractivity (Wildman–Crippen MR) is 109 cm³/mol. The van der Waals surface area contributed by atoms with Gasteiger partial charge >= 0.3 is 0 Å². The second-order valence-corrected chi connectivity index (χ2v) is 18.2. The Balaban J connectivity index is 4.70. The lowest BCUT2D eigenvalue weighted by molar-refractivity contribution is 0.259. The van der Waals surface area contributed by atoms with Gasteiger partial charge in [-0.15, -0.1) is 0 Å². The van der Waals surface area contributed by atoms with E-state index in [2.05, 4.69) is 27.7 Å². The Hall–Kier alpha value is 1.84. The highest BCUT2D eigenvalue weighted by Crippen LogP contribution is 2.77. The normalized spacial score (nSPS) is 12.7. The van der Waals surface area contributed by atoms with Crippen LogP contribution in [0, 0.1) is 0 Å². The number of hydrogen-bond donors (Lipinski definition) is 0. The summed E-state index contributed by atoms with van der Waals surface area (Å²) in [4.78, 5) is 0. The van der Waals surface area contributed by atoms with Gasteiger partial charge < -0.3 is 18.1 Å². The average Bonchev–Trinajstić information content (AvgIpc) is 2.53. The molecule has 134 valence electrons. The fraction of sp³-hybridized carbons (Fsp3) is 1.00. The first-order valence-corrected chi connectivity index (χ1v) is 16.2. The quantitative estimate of drug-likeness (QED) is 0.216. The highest BCUT2D eigenvalue weighted by Gasteiger charge is 2.28. The first-order chi connectivity index (χ1) is 10.4. The Bertz CT molecular complexity index is 313. The van der Waals surface area contributed by atoms with Gasteiger partial charge in [-0.2, -0.15) is 0 Å². The van der Waals surface area contributed by atoms with Gasteiger partial charge in [0.15, 0.2) is 0 Å². The van der Waals surface area contributed by atoms with Gasteiger partial charge in [0.1, 0.15) is 0 Å². The van der Waals surface area contributed by atoms with E-state index in [1.54, 1.807) is 0 Å². The average molecular weight is 427 g/mol. The summed E-state index contributed by atoms with van der Waals surface area (Å²) in [5.74, 6) is 0. The first-order valence-electron chi connectivity index (χ1n) is 7.61. The molecule has 0 fully saturated rings. The van der Waals surface area contributed by atoms with Gasteiger partial charge in [0.2, 0.25) is 0 Å². The molecule has 0 aliphatic carbocycles. The van der Waals surface area contributed by atoms with Crippen LogP contribution >= 0.6 is 32.2 Å². The molecule has 0 radical (unpaired) electrons. The molecule has 0 saturated carbocycles. The molecule has 0 aromatic carbocycles. The minimum atomic E-state index is -2.40. The molecule has 0 amide bonds. The summed E-state index contributed by atoms with van der Waals surface area (Å²) in [5, 5.41) is 0. The second-order valence-electron chi connectivity index (χ2n) is 4.38. The lowest BCUT2D eigenvalue weighted by Crippen LogP contribution is -1.96. The van der Waals surface area contributed by atoms with E-state index in [-0.39, 0.29) is 0 Å². The molecule has 10 heteroatoms. The molecule has 0 heterocycles. The topological polar surface area (TPSA) is 36.9 Å². The van der Waals surface area contributed by atoms with Crippen LogP contribution in [0.2, 0.25) is 0 Å². The van der Waals surface area contributed by atoms with Crippen LogP contribution in [-0.4, -0.2) is 26.4 Å². The third-order valence-electron chi connectivity index (χ3n) is 2.03. The van der Waals surface area contributed by atoms with Crippen molar-refractivity contribution >= 4 is 55.8 Å². The van der Waals surface area contributed by atoms with Crippen molar-refractivity contribution in [2.75, 3.05) is 26.4 Å². The van der Waals surface area contributed by atoms with Crippen LogP contribution in [-0.2, 0) is 41.7 Å². The third kappa shape index (κ3) is 11.4. The summed E-state index contributed by atoms with van der Waals surface area (Å²) in [6.45, 7) is 10.6. The number of hydrogen-bond acceptors (Lipinski definition) is 8. The third-order valence-corrected chi connectivity index (χ3v) is 17.3. The fourth-order valence-electron chi connectivity index (χ4n) is 1.05. The van der Waals surface area contributed by atoms with Crippen LogP contribution in [0.4, 0.5) is 0 Å². The lowest BCUT2D eigenvalue weighted by Gasteiger charge is -2.25. The van der Waals surface area contributed by atoms with Crippen LogP contribution in [0.25, 0.3) is 0 Å². The molecule has 0 rings (SSSR count).